The number of nitrogens with one attached hydrogen (secondary N) is 1. The molecule has 0 bridgehead atoms. The van der Waals surface area contributed by atoms with E-state index in [2.05, 4.69) is 22.1 Å². The van der Waals surface area contributed by atoms with Crippen LogP contribution in [-0.2, 0) is 4.74 Å². The summed E-state index contributed by atoms with van der Waals surface area (Å²) in [7, 11) is 1.74. The summed E-state index contributed by atoms with van der Waals surface area (Å²) >= 11 is 0. The predicted octanol–water partition coefficient (Wildman–Crippen LogP) is 2.17. The summed E-state index contributed by atoms with van der Waals surface area (Å²) in [6, 6.07) is 0.578. The van der Waals surface area contributed by atoms with Crippen LogP contribution < -0.4 is 10.2 Å². The fourth-order valence-electron chi connectivity index (χ4n) is 2.48. The van der Waals surface area contributed by atoms with Crippen molar-refractivity contribution in [3.63, 3.8) is 0 Å². The van der Waals surface area contributed by atoms with E-state index in [4.69, 9.17) is 9.72 Å². The zero-order chi connectivity index (χ0) is 14.7. The summed E-state index contributed by atoms with van der Waals surface area (Å²) in [4.78, 5) is 11.6. The van der Waals surface area contributed by atoms with Crippen LogP contribution >= 0.6 is 0 Å². The lowest BCUT2D eigenvalue weighted by Gasteiger charge is -2.24. The Morgan fingerprint density at radius 1 is 1.48 bits per heavy atom. The first kappa shape index (κ1) is 14.1. The Balaban J connectivity index is 1.95. The van der Waals surface area contributed by atoms with Crippen molar-refractivity contribution in [2.75, 3.05) is 37.0 Å². The Morgan fingerprint density at radius 3 is 3.05 bits per heavy atom. The highest BCUT2D eigenvalue weighted by atomic mass is 16.5. The minimum atomic E-state index is 0.578. The molecule has 3 rings (SSSR count). The molecule has 114 valence electrons. The van der Waals surface area contributed by atoms with Crippen LogP contribution in [0.1, 0.15) is 26.2 Å². The van der Waals surface area contributed by atoms with Crippen molar-refractivity contribution in [2.24, 2.45) is 0 Å². The number of rotatable bonds is 8. The van der Waals surface area contributed by atoms with Gasteiger partial charge in [0.2, 0.25) is 0 Å². The van der Waals surface area contributed by atoms with Gasteiger partial charge in [-0.25, -0.2) is 9.97 Å². The molecule has 0 amide bonds. The van der Waals surface area contributed by atoms with Crippen LogP contribution in [0, 0.1) is 0 Å². The molecule has 1 N–H and O–H groups in total. The molecular weight excluding hydrogens is 266 g/mol. The molecule has 6 nitrogen and oxygen atoms in total. The number of aromatic nitrogens is 3. The van der Waals surface area contributed by atoms with Gasteiger partial charge in [-0.05, 0) is 19.3 Å². The number of hydrogen-bond acceptors (Lipinski definition) is 5. The van der Waals surface area contributed by atoms with E-state index in [1.165, 1.54) is 12.8 Å². The predicted molar refractivity (Wildman–Crippen MR) is 84.0 cm³/mol. The zero-order valence-corrected chi connectivity index (χ0v) is 12.7. The average molecular weight is 289 g/mol. The number of imidazole rings is 1. The Kier molecular flexibility index (Phi) is 4.24. The maximum absolute atomic E-state index is 5.25. The normalized spacial score (nSPS) is 14.6. The van der Waals surface area contributed by atoms with Gasteiger partial charge in [0.1, 0.15) is 5.82 Å². The molecule has 2 aromatic rings. The van der Waals surface area contributed by atoms with Gasteiger partial charge < -0.3 is 19.4 Å². The molecule has 1 fully saturated rings. The average Bonchev–Trinajstić information content (AvgIpc) is 3.22. The van der Waals surface area contributed by atoms with Crippen molar-refractivity contribution in [3.8, 4) is 0 Å². The van der Waals surface area contributed by atoms with E-state index in [0.717, 1.165) is 36.8 Å². The molecule has 0 radical (unpaired) electrons. The van der Waals surface area contributed by atoms with Crippen LogP contribution in [0.2, 0.25) is 0 Å². The van der Waals surface area contributed by atoms with Crippen molar-refractivity contribution in [3.05, 3.63) is 18.6 Å². The van der Waals surface area contributed by atoms with E-state index in [0.29, 0.717) is 12.6 Å². The fourth-order valence-corrected chi connectivity index (χ4v) is 2.48. The summed E-state index contributed by atoms with van der Waals surface area (Å²) in [5, 5.41) is 3.37. The third-order valence-electron chi connectivity index (χ3n) is 3.71. The Hall–Kier alpha value is -1.82. The molecular formula is C15H23N5O. The van der Waals surface area contributed by atoms with E-state index < -0.39 is 0 Å². The maximum atomic E-state index is 5.25. The summed E-state index contributed by atoms with van der Waals surface area (Å²) in [5.74, 6) is 1.86. The molecule has 0 aromatic carbocycles. The second-order valence-corrected chi connectivity index (χ2v) is 5.45. The number of ether oxygens (including phenoxy) is 1. The van der Waals surface area contributed by atoms with Crippen LogP contribution in [0.5, 0.6) is 0 Å². The van der Waals surface area contributed by atoms with E-state index in [1.54, 1.807) is 7.11 Å². The van der Waals surface area contributed by atoms with Gasteiger partial charge in [0.25, 0.3) is 0 Å². The van der Waals surface area contributed by atoms with Crippen molar-refractivity contribution in [1.29, 1.82) is 0 Å². The Morgan fingerprint density at radius 2 is 2.33 bits per heavy atom. The first-order chi connectivity index (χ1) is 10.3. The molecule has 0 saturated heterocycles. The van der Waals surface area contributed by atoms with Crippen molar-refractivity contribution >= 4 is 17.3 Å². The molecule has 21 heavy (non-hydrogen) atoms. The van der Waals surface area contributed by atoms with E-state index in [-0.39, 0.29) is 0 Å². The molecule has 0 aliphatic heterocycles. The first-order valence-electron chi connectivity index (χ1n) is 7.66. The van der Waals surface area contributed by atoms with Crippen LogP contribution in [-0.4, -0.2) is 47.2 Å². The first-order valence-corrected chi connectivity index (χ1v) is 7.66. The number of nitrogens with zero attached hydrogens (tertiary/aromatic N) is 4. The summed E-state index contributed by atoms with van der Waals surface area (Å²) in [5.41, 5.74) is 0.917. The molecule has 1 aliphatic carbocycles. The number of anilines is 2. The molecule has 2 aromatic heterocycles. The van der Waals surface area contributed by atoms with Crippen LogP contribution in [0.4, 0.5) is 11.6 Å². The Bertz CT molecular complexity index is 593. The molecule has 1 saturated carbocycles. The van der Waals surface area contributed by atoms with E-state index in [9.17, 15) is 0 Å². The maximum Gasteiger partial charge on any atom is 0.180 e. The highest BCUT2D eigenvalue weighted by Gasteiger charge is 2.31. The van der Waals surface area contributed by atoms with Crippen molar-refractivity contribution in [2.45, 2.75) is 32.2 Å². The zero-order valence-electron chi connectivity index (χ0n) is 12.7. The lowest BCUT2D eigenvalue weighted by molar-refractivity contribution is 0.205. The minimum absolute atomic E-state index is 0.578. The lowest BCUT2D eigenvalue weighted by Crippen LogP contribution is -2.31. The molecule has 0 unspecified atom stereocenters. The SMILES string of the molecule is CCCNc1cn2ccnc2c(N(CCOC)C2CC2)n1. The molecule has 0 atom stereocenters. The van der Waals surface area contributed by atoms with Gasteiger partial charge >= 0.3 is 0 Å². The smallest absolute Gasteiger partial charge is 0.180 e. The van der Waals surface area contributed by atoms with Crippen LogP contribution in [0.25, 0.3) is 5.65 Å². The molecule has 0 spiro atoms. The molecule has 1 aliphatic rings. The molecule has 2 heterocycles. The third-order valence-corrected chi connectivity index (χ3v) is 3.71. The van der Waals surface area contributed by atoms with Gasteiger partial charge in [0.15, 0.2) is 11.5 Å². The van der Waals surface area contributed by atoms with Gasteiger partial charge in [-0.15, -0.1) is 0 Å². The van der Waals surface area contributed by atoms with Gasteiger partial charge in [-0.1, -0.05) is 6.92 Å². The lowest BCUT2D eigenvalue weighted by atomic mass is 10.4. The summed E-state index contributed by atoms with van der Waals surface area (Å²) in [6.07, 6.45) is 9.33. The fraction of sp³-hybridized carbons (Fsp3) is 0.600. The van der Waals surface area contributed by atoms with E-state index in [1.807, 2.05) is 23.0 Å². The van der Waals surface area contributed by atoms with Gasteiger partial charge in [0.05, 0.1) is 12.8 Å². The second-order valence-electron chi connectivity index (χ2n) is 5.45. The quantitative estimate of drug-likeness (QED) is 0.807. The summed E-state index contributed by atoms with van der Waals surface area (Å²) in [6.45, 7) is 4.64. The highest BCUT2D eigenvalue weighted by molar-refractivity contribution is 5.67. The van der Waals surface area contributed by atoms with Crippen molar-refractivity contribution < 1.29 is 4.74 Å². The van der Waals surface area contributed by atoms with Gasteiger partial charge in [-0.3, -0.25) is 0 Å². The van der Waals surface area contributed by atoms with Gasteiger partial charge in [-0.2, -0.15) is 0 Å². The highest BCUT2D eigenvalue weighted by Crippen LogP contribution is 2.32. The van der Waals surface area contributed by atoms with Crippen molar-refractivity contribution in [1.82, 2.24) is 14.4 Å². The second kappa shape index (κ2) is 6.30. The van der Waals surface area contributed by atoms with Gasteiger partial charge in [0, 0.05) is 38.6 Å². The third kappa shape index (κ3) is 3.10. The standard InChI is InChI=1S/C15H23N5O/c1-3-6-16-13-11-19-8-7-17-14(19)15(18-13)20(9-10-21-2)12-4-5-12/h7-8,11-12,16H,3-6,9-10H2,1-2H3. The monoisotopic (exact) mass is 289 g/mol. The number of methoxy groups -OCH3 is 1. The topological polar surface area (TPSA) is 54.7 Å². The van der Waals surface area contributed by atoms with E-state index >= 15 is 0 Å². The largest absolute Gasteiger partial charge is 0.383 e. The Labute approximate surface area is 125 Å². The minimum Gasteiger partial charge on any atom is -0.383 e. The molecule has 6 heteroatoms. The van der Waals surface area contributed by atoms with Crippen LogP contribution in [0.15, 0.2) is 18.6 Å². The van der Waals surface area contributed by atoms with Crippen LogP contribution in [0.3, 0.4) is 0 Å². The number of hydrogen-bond donors (Lipinski definition) is 1. The summed E-state index contributed by atoms with van der Waals surface area (Å²) < 4.78 is 7.29. The number of fused-ring (bicyclic) bond motifs is 1.